The zero-order valence-corrected chi connectivity index (χ0v) is 22.0. The van der Waals surface area contributed by atoms with Gasteiger partial charge in [-0.3, -0.25) is 4.98 Å². The minimum absolute atomic E-state index is 0.320. The van der Waals surface area contributed by atoms with Gasteiger partial charge in [0.2, 0.25) is 0 Å². The summed E-state index contributed by atoms with van der Waals surface area (Å²) in [6, 6.07) is 8.55. The fourth-order valence-electron chi connectivity index (χ4n) is 4.52. The van der Waals surface area contributed by atoms with E-state index in [2.05, 4.69) is 26.4 Å². The summed E-state index contributed by atoms with van der Waals surface area (Å²) < 4.78 is 25.5. The molecular weight excluding hydrogens is 485 g/mol. The summed E-state index contributed by atoms with van der Waals surface area (Å²) >= 11 is 0. The van der Waals surface area contributed by atoms with Crippen LogP contribution in [0.2, 0.25) is 0 Å². The minimum Gasteiger partial charge on any atom is -0.495 e. The van der Waals surface area contributed by atoms with Crippen LogP contribution in [0.3, 0.4) is 0 Å². The molecule has 1 saturated heterocycles. The molecule has 0 spiro atoms. The third-order valence-corrected chi connectivity index (χ3v) is 6.47. The zero-order chi connectivity index (χ0) is 27.1. The van der Waals surface area contributed by atoms with Crippen molar-refractivity contribution >= 4 is 23.1 Å². The highest BCUT2D eigenvalue weighted by Gasteiger charge is 2.27. The molecule has 198 valence electrons. The number of benzene rings is 1. The van der Waals surface area contributed by atoms with E-state index in [9.17, 15) is 4.79 Å². The summed E-state index contributed by atoms with van der Waals surface area (Å²) in [5.74, 6) is 0.989. The Labute approximate surface area is 222 Å². The molecule has 1 aliphatic heterocycles. The minimum atomic E-state index is -0.329. The average Bonchev–Trinajstić information content (AvgIpc) is 2.95. The monoisotopic (exact) mass is 517 g/mol. The third kappa shape index (κ3) is 5.82. The number of piperazine rings is 1. The molecule has 0 bridgehead atoms. The summed E-state index contributed by atoms with van der Waals surface area (Å²) in [6.07, 6.45) is 6.85. The second-order valence-corrected chi connectivity index (χ2v) is 8.77. The number of anilines is 1. The molecule has 1 aromatic carbocycles. The van der Waals surface area contributed by atoms with Crippen molar-refractivity contribution in [2.45, 2.75) is 20.3 Å². The Balaban J connectivity index is 1.74. The molecular formula is C29H32FN5O3. The summed E-state index contributed by atoms with van der Waals surface area (Å²) in [5, 5.41) is 0. The Bertz CT molecular complexity index is 1340. The molecule has 3 aromatic rings. The number of halogens is 1. The first-order chi connectivity index (χ1) is 18.5. The third-order valence-electron chi connectivity index (χ3n) is 6.47. The summed E-state index contributed by atoms with van der Waals surface area (Å²) in [4.78, 5) is 29.6. The van der Waals surface area contributed by atoms with Crippen molar-refractivity contribution in [2.75, 3.05) is 44.8 Å². The lowest BCUT2D eigenvalue weighted by atomic mass is 9.92. The first kappa shape index (κ1) is 26.8. The highest BCUT2D eigenvalue weighted by Crippen LogP contribution is 2.36. The van der Waals surface area contributed by atoms with Crippen molar-refractivity contribution in [2.24, 2.45) is 0 Å². The molecule has 1 amide bonds. The predicted molar refractivity (Wildman–Crippen MR) is 146 cm³/mol. The number of methoxy groups -OCH3 is 1. The summed E-state index contributed by atoms with van der Waals surface area (Å²) in [5.41, 5.74) is 4.22. The van der Waals surface area contributed by atoms with Gasteiger partial charge in [0.1, 0.15) is 23.7 Å². The van der Waals surface area contributed by atoms with Gasteiger partial charge in [0.05, 0.1) is 25.6 Å². The van der Waals surface area contributed by atoms with Crippen LogP contribution in [0.1, 0.15) is 36.2 Å². The van der Waals surface area contributed by atoms with E-state index in [0.717, 1.165) is 16.7 Å². The standard InChI is InChI=1S/C29H32FN5O3/c1-5-23(24-9-7-8-10-25(24)30)27-26(15-20(3)21-16-22(37-4)18-31-17-21)32-19-33-28(27)34-11-13-35(14-12-34)29(36)38-6-2/h5,7-10,16-19H,3,6,11-15H2,1-2,4H3/b23-5-. The van der Waals surface area contributed by atoms with Crippen molar-refractivity contribution in [1.82, 2.24) is 19.9 Å². The van der Waals surface area contributed by atoms with Gasteiger partial charge in [-0.2, -0.15) is 0 Å². The summed E-state index contributed by atoms with van der Waals surface area (Å²) in [7, 11) is 1.59. The molecule has 0 radical (unpaired) electrons. The topological polar surface area (TPSA) is 80.7 Å². The molecule has 0 saturated carbocycles. The number of pyridine rings is 1. The number of carbonyl (C=O) groups is 1. The van der Waals surface area contributed by atoms with E-state index in [-0.39, 0.29) is 11.9 Å². The van der Waals surface area contributed by atoms with E-state index >= 15 is 4.39 Å². The summed E-state index contributed by atoms with van der Waals surface area (Å²) in [6.45, 7) is 10.4. The first-order valence-electron chi connectivity index (χ1n) is 12.6. The van der Waals surface area contributed by atoms with Crippen LogP contribution in [0.15, 0.2) is 61.7 Å². The first-order valence-corrected chi connectivity index (χ1v) is 12.6. The van der Waals surface area contributed by atoms with Gasteiger partial charge < -0.3 is 19.3 Å². The van der Waals surface area contributed by atoms with Gasteiger partial charge in [0.15, 0.2) is 0 Å². The molecule has 2 aromatic heterocycles. The van der Waals surface area contributed by atoms with E-state index in [1.54, 1.807) is 43.5 Å². The molecule has 9 heteroatoms. The van der Waals surface area contributed by atoms with Crippen LogP contribution in [0.4, 0.5) is 15.0 Å². The number of rotatable bonds is 8. The number of aromatic nitrogens is 3. The van der Waals surface area contributed by atoms with E-state index in [1.807, 2.05) is 25.1 Å². The number of amides is 1. The lowest BCUT2D eigenvalue weighted by Gasteiger charge is -2.36. The molecule has 1 fully saturated rings. The number of hydrogen-bond donors (Lipinski definition) is 0. The quantitative estimate of drug-likeness (QED) is 0.416. The van der Waals surface area contributed by atoms with Crippen molar-refractivity contribution in [3.63, 3.8) is 0 Å². The van der Waals surface area contributed by atoms with Crippen molar-refractivity contribution in [3.8, 4) is 5.75 Å². The van der Waals surface area contributed by atoms with Gasteiger partial charge in [-0.15, -0.1) is 0 Å². The maximum absolute atomic E-state index is 15.0. The zero-order valence-electron chi connectivity index (χ0n) is 22.0. The number of carbonyl (C=O) groups excluding carboxylic acids is 1. The maximum atomic E-state index is 15.0. The van der Waals surface area contributed by atoms with E-state index in [0.29, 0.717) is 67.6 Å². The Morgan fingerprint density at radius 2 is 1.92 bits per heavy atom. The van der Waals surface area contributed by atoms with Gasteiger partial charge in [0.25, 0.3) is 0 Å². The fraction of sp³-hybridized carbons (Fsp3) is 0.310. The van der Waals surface area contributed by atoms with Crippen LogP contribution in [-0.2, 0) is 11.2 Å². The average molecular weight is 518 g/mol. The van der Waals surface area contributed by atoms with Gasteiger partial charge in [-0.1, -0.05) is 30.9 Å². The number of ether oxygens (including phenoxy) is 2. The Morgan fingerprint density at radius 3 is 2.61 bits per heavy atom. The fourth-order valence-corrected chi connectivity index (χ4v) is 4.52. The highest BCUT2D eigenvalue weighted by molar-refractivity contribution is 5.87. The van der Waals surface area contributed by atoms with Crippen LogP contribution in [0.5, 0.6) is 5.75 Å². The lowest BCUT2D eigenvalue weighted by molar-refractivity contribution is 0.105. The Kier molecular flexibility index (Phi) is 8.68. The van der Waals surface area contributed by atoms with Crippen LogP contribution in [0.25, 0.3) is 11.1 Å². The second-order valence-electron chi connectivity index (χ2n) is 8.77. The van der Waals surface area contributed by atoms with Gasteiger partial charge in [-0.25, -0.2) is 19.2 Å². The SMILES string of the molecule is C=C(Cc1ncnc(N2CCN(C(=O)OCC)CC2)c1/C(=C\C)c1ccccc1F)c1cncc(OC)c1. The van der Waals surface area contributed by atoms with Crippen LogP contribution in [0, 0.1) is 5.82 Å². The van der Waals surface area contributed by atoms with E-state index < -0.39 is 0 Å². The van der Waals surface area contributed by atoms with Crippen molar-refractivity contribution in [1.29, 1.82) is 0 Å². The number of allylic oxidation sites excluding steroid dienone is 2. The normalized spacial score (nSPS) is 13.8. The molecule has 0 N–H and O–H groups in total. The van der Waals surface area contributed by atoms with E-state index in [1.165, 1.54) is 12.4 Å². The molecule has 0 atom stereocenters. The van der Waals surface area contributed by atoms with Crippen molar-refractivity contribution < 1.29 is 18.7 Å². The predicted octanol–water partition coefficient (Wildman–Crippen LogP) is 5.01. The smallest absolute Gasteiger partial charge is 0.409 e. The number of hydrogen-bond acceptors (Lipinski definition) is 7. The Morgan fingerprint density at radius 1 is 1.16 bits per heavy atom. The second kappa shape index (κ2) is 12.3. The highest BCUT2D eigenvalue weighted by atomic mass is 19.1. The molecule has 4 rings (SSSR count). The number of nitrogens with zero attached hydrogens (tertiary/aromatic N) is 5. The molecule has 1 aliphatic rings. The van der Waals surface area contributed by atoms with Crippen LogP contribution in [-0.4, -0.2) is 65.8 Å². The van der Waals surface area contributed by atoms with Crippen LogP contribution < -0.4 is 9.64 Å². The van der Waals surface area contributed by atoms with Crippen molar-refractivity contribution in [3.05, 3.63) is 89.9 Å². The lowest BCUT2D eigenvalue weighted by Crippen LogP contribution is -2.49. The van der Waals surface area contributed by atoms with E-state index in [4.69, 9.17) is 9.47 Å². The van der Waals surface area contributed by atoms with Gasteiger partial charge in [0, 0.05) is 49.9 Å². The Hall–Kier alpha value is -4.27. The molecule has 3 heterocycles. The molecule has 8 nitrogen and oxygen atoms in total. The largest absolute Gasteiger partial charge is 0.495 e. The molecule has 0 unspecified atom stereocenters. The molecule has 38 heavy (non-hydrogen) atoms. The maximum Gasteiger partial charge on any atom is 0.409 e. The molecule has 0 aliphatic carbocycles. The van der Waals surface area contributed by atoms with Gasteiger partial charge >= 0.3 is 6.09 Å². The van der Waals surface area contributed by atoms with Crippen LogP contribution >= 0.6 is 0 Å². The van der Waals surface area contributed by atoms with Gasteiger partial charge in [-0.05, 0) is 42.7 Å².